The SMILES string of the molecule is CCOC(=O)N1CCC(Nc2ncnc3c2ncn3[C@@H]2O[C@H](C(=O)O)[C@H]3OC(C)(C)OC23)CC1. The van der Waals surface area contributed by atoms with Crippen molar-refractivity contribution >= 4 is 29.0 Å². The molecule has 0 radical (unpaired) electrons. The Morgan fingerprint density at radius 2 is 1.94 bits per heavy atom. The van der Waals surface area contributed by atoms with Crippen LogP contribution in [0.1, 0.15) is 39.8 Å². The number of hydrogen-bond acceptors (Lipinski definition) is 10. The maximum atomic E-state index is 11.9. The first kappa shape index (κ1) is 22.7. The Morgan fingerprint density at radius 3 is 2.65 bits per heavy atom. The number of fused-ring (bicyclic) bond motifs is 2. The van der Waals surface area contributed by atoms with E-state index in [0.717, 1.165) is 12.8 Å². The van der Waals surface area contributed by atoms with Gasteiger partial charge in [0.25, 0.3) is 0 Å². The Labute approximate surface area is 195 Å². The van der Waals surface area contributed by atoms with Crippen LogP contribution in [0.4, 0.5) is 10.6 Å². The van der Waals surface area contributed by atoms with Gasteiger partial charge in [-0.1, -0.05) is 0 Å². The summed E-state index contributed by atoms with van der Waals surface area (Å²) in [6, 6.07) is 0.102. The molecular weight excluding hydrogens is 448 g/mol. The van der Waals surface area contributed by atoms with Crippen molar-refractivity contribution in [2.75, 3.05) is 25.0 Å². The van der Waals surface area contributed by atoms with Gasteiger partial charge in [0.15, 0.2) is 35.1 Å². The fourth-order valence-electron chi connectivity index (χ4n) is 4.76. The number of nitrogens with one attached hydrogen (secondary N) is 1. The van der Waals surface area contributed by atoms with E-state index in [9.17, 15) is 14.7 Å². The van der Waals surface area contributed by atoms with Crippen LogP contribution in [0.25, 0.3) is 11.2 Å². The molecule has 0 bridgehead atoms. The molecule has 13 nitrogen and oxygen atoms in total. The molecule has 1 unspecified atom stereocenters. The Balaban J connectivity index is 1.34. The topological polar surface area (TPSA) is 150 Å². The highest BCUT2D eigenvalue weighted by Gasteiger charge is 2.58. The number of likely N-dealkylation sites (tertiary alicyclic amines) is 1. The summed E-state index contributed by atoms with van der Waals surface area (Å²) in [5, 5.41) is 13.0. The number of hydrogen-bond donors (Lipinski definition) is 2. The van der Waals surface area contributed by atoms with Crippen molar-refractivity contribution in [3.8, 4) is 0 Å². The fraction of sp³-hybridized carbons (Fsp3) is 0.667. The van der Waals surface area contributed by atoms with Crippen LogP contribution in [-0.2, 0) is 23.7 Å². The summed E-state index contributed by atoms with van der Waals surface area (Å²) in [7, 11) is 0. The maximum Gasteiger partial charge on any atom is 0.409 e. The molecule has 0 saturated carbocycles. The first-order valence-corrected chi connectivity index (χ1v) is 11.4. The summed E-state index contributed by atoms with van der Waals surface area (Å²) < 4.78 is 24.3. The third-order valence-electron chi connectivity index (χ3n) is 6.27. The highest BCUT2D eigenvalue weighted by molar-refractivity contribution is 5.83. The highest BCUT2D eigenvalue weighted by atomic mass is 16.8. The van der Waals surface area contributed by atoms with Gasteiger partial charge in [-0.05, 0) is 33.6 Å². The highest BCUT2D eigenvalue weighted by Crippen LogP contribution is 2.44. The molecule has 0 aromatic carbocycles. The van der Waals surface area contributed by atoms with Crippen LogP contribution < -0.4 is 5.32 Å². The molecule has 5 heterocycles. The van der Waals surface area contributed by atoms with E-state index in [2.05, 4.69) is 20.3 Å². The van der Waals surface area contributed by atoms with E-state index in [1.54, 1.807) is 36.6 Å². The monoisotopic (exact) mass is 476 g/mol. The first-order valence-electron chi connectivity index (χ1n) is 11.4. The second-order valence-electron chi connectivity index (χ2n) is 9.00. The van der Waals surface area contributed by atoms with Crippen molar-refractivity contribution in [1.82, 2.24) is 24.4 Å². The number of carbonyl (C=O) groups excluding carboxylic acids is 1. The number of rotatable bonds is 5. The van der Waals surface area contributed by atoms with Gasteiger partial charge in [0.2, 0.25) is 0 Å². The number of amides is 1. The van der Waals surface area contributed by atoms with Crippen molar-refractivity contribution in [2.24, 2.45) is 0 Å². The number of carbonyl (C=O) groups is 2. The summed E-state index contributed by atoms with van der Waals surface area (Å²) in [6.07, 6.45) is 0.835. The number of aliphatic carboxylic acids is 1. The summed E-state index contributed by atoms with van der Waals surface area (Å²) in [5.74, 6) is -1.48. The molecule has 4 atom stereocenters. The van der Waals surface area contributed by atoms with Gasteiger partial charge in [0.05, 0.1) is 12.9 Å². The average molecular weight is 476 g/mol. The van der Waals surface area contributed by atoms with Crippen LogP contribution in [0.15, 0.2) is 12.7 Å². The summed E-state index contributed by atoms with van der Waals surface area (Å²) in [5.41, 5.74) is 1.02. The van der Waals surface area contributed by atoms with Crippen LogP contribution in [0, 0.1) is 0 Å². The average Bonchev–Trinajstić information content (AvgIpc) is 3.45. The summed E-state index contributed by atoms with van der Waals surface area (Å²) in [4.78, 5) is 38.6. The lowest BCUT2D eigenvalue weighted by Gasteiger charge is -2.31. The smallest absolute Gasteiger partial charge is 0.409 e. The van der Waals surface area contributed by atoms with Gasteiger partial charge in [-0.25, -0.2) is 24.5 Å². The number of carboxylic acids is 1. The molecule has 3 fully saturated rings. The Bertz CT molecular complexity index is 1080. The van der Waals surface area contributed by atoms with Gasteiger partial charge < -0.3 is 34.3 Å². The number of ether oxygens (including phenoxy) is 4. The molecule has 1 amide bonds. The molecule has 3 aliphatic heterocycles. The maximum absolute atomic E-state index is 11.9. The number of piperidine rings is 1. The molecule has 0 aliphatic carbocycles. The van der Waals surface area contributed by atoms with Crippen LogP contribution in [0.3, 0.4) is 0 Å². The first-order chi connectivity index (χ1) is 16.3. The van der Waals surface area contributed by atoms with Gasteiger partial charge >= 0.3 is 12.1 Å². The summed E-state index contributed by atoms with van der Waals surface area (Å²) in [6.45, 7) is 6.79. The van der Waals surface area contributed by atoms with E-state index in [-0.39, 0.29) is 12.1 Å². The van der Waals surface area contributed by atoms with Gasteiger partial charge in [0.1, 0.15) is 18.5 Å². The molecule has 3 aliphatic rings. The van der Waals surface area contributed by atoms with E-state index in [1.165, 1.54) is 6.33 Å². The number of nitrogens with zero attached hydrogens (tertiary/aromatic N) is 5. The van der Waals surface area contributed by atoms with Crippen LogP contribution >= 0.6 is 0 Å². The predicted octanol–water partition coefficient (Wildman–Crippen LogP) is 1.36. The molecule has 3 saturated heterocycles. The zero-order valence-electron chi connectivity index (χ0n) is 19.2. The quantitative estimate of drug-likeness (QED) is 0.644. The zero-order valence-corrected chi connectivity index (χ0v) is 19.2. The van der Waals surface area contributed by atoms with E-state index in [1.807, 2.05) is 0 Å². The lowest BCUT2D eigenvalue weighted by molar-refractivity contribution is -0.202. The van der Waals surface area contributed by atoms with Crippen molar-refractivity contribution in [2.45, 2.75) is 70.0 Å². The third kappa shape index (κ3) is 4.03. The van der Waals surface area contributed by atoms with Gasteiger partial charge in [0, 0.05) is 19.1 Å². The van der Waals surface area contributed by atoms with Crippen LogP contribution in [0.2, 0.25) is 0 Å². The largest absolute Gasteiger partial charge is 0.479 e. The molecule has 13 heteroatoms. The molecule has 34 heavy (non-hydrogen) atoms. The Kier molecular flexibility index (Phi) is 5.78. The second-order valence-corrected chi connectivity index (χ2v) is 9.00. The molecule has 0 spiro atoms. The van der Waals surface area contributed by atoms with Gasteiger partial charge in [-0.15, -0.1) is 0 Å². The van der Waals surface area contributed by atoms with Crippen molar-refractivity contribution < 1.29 is 33.6 Å². The predicted molar refractivity (Wildman–Crippen MR) is 116 cm³/mol. The number of imidazole rings is 1. The summed E-state index contributed by atoms with van der Waals surface area (Å²) >= 11 is 0. The molecule has 2 N–H and O–H groups in total. The van der Waals surface area contributed by atoms with Crippen molar-refractivity contribution in [3.63, 3.8) is 0 Å². The number of anilines is 1. The van der Waals surface area contributed by atoms with E-state index in [0.29, 0.717) is 36.7 Å². The van der Waals surface area contributed by atoms with Crippen molar-refractivity contribution in [1.29, 1.82) is 0 Å². The number of aromatic nitrogens is 4. The normalized spacial score (nSPS) is 28.7. The van der Waals surface area contributed by atoms with Crippen molar-refractivity contribution in [3.05, 3.63) is 12.7 Å². The number of carboxylic acid groups (broad SMARTS) is 1. The van der Waals surface area contributed by atoms with E-state index >= 15 is 0 Å². The fourth-order valence-corrected chi connectivity index (χ4v) is 4.76. The van der Waals surface area contributed by atoms with E-state index < -0.39 is 36.3 Å². The van der Waals surface area contributed by atoms with Crippen LogP contribution in [0.5, 0.6) is 0 Å². The Morgan fingerprint density at radius 1 is 1.21 bits per heavy atom. The molecule has 2 aromatic heterocycles. The molecule has 184 valence electrons. The second kappa shape index (κ2) is 8.64. The van der Waals surface area contributed by atoms with Gasteiger partial charge in [-0.2, -0.15) is 0 Å². The van der Waals surface area contributed by atoms with Crippen LogP contribution in [-0.4, -0.2) is 91.4 Å². The third-order valence-corrected chi connectivity index (χ3v) is 6.27. The molecular formula is C21H28N6O7. The molecule has 2 aromatic rings. The minimum Gasteiger partial charge on any atom is -0.479 e. The lowest BCUT2D eigenvalue weighted by Crippen LogP contribution is -2.42. The standard InChI is InChI=1S/C21H28N6O7/c1-4-31-20(30)26-7-5-11(6-8-26)25-16-12-17(23-9-22-16)27(10-24-12)18-14-13(15(32-18)19(28)29)33-21(2,3)34-14/h9-11,13-15,18H,4-8H2,1-3H3,(H,28,29)(H,22,23,25)/t13-,14?,15-,18+/m0/s1. The minimum atomic E-state index is -1.17. The zero-order chi connectivity index (χ0) is 24.0. The minimum absolute atomic E-state index is 0.102. The Hall–Kier alpha value is -3.03. The van der Waals surface area contributed by atoms with E-state index in [4.69, 9.17) is 18.9 Å². The molecule has 5 rings (SSSR count). The van der Waals surface area contributed by atoms with Gasteiger partial charge in [-0.3, -0.25) is 4.57 Å². The lowest BCUT2D eigenvalue weighted by atomic mass is 10.1.